The Morgan fingerprint density at radius 1 is 1.30 bits per heavy atom. The number of β-lactam (4-membered cyclic amide) rings is 1. The molecule has 9 nitrogen and oxygen atoms in total. The van der Waals surface area contributed by atoms with Gasteiger partial charge in [-0.15, -0.1) is 11.8 Å². The maximum Gasteiger partial charge on any atom is 0.354 e. The summed E-state index contributed by atoms with van der Waals surface area (Å²) in [5.74, 6) is -2.61. The topological polar surface area (TPSA) is 142 Å². The van der Waals surface area contributed by atoms with Gasteiger partial charge in [-0.1, -0.05) is 30.3 Å². The van der Waals surface area contributed by atoms with Gasteiger partial charge < -0.3 is 21.5 Å². The smallest absolute Gasteiger partial charge is 0.354 e. The van der Waals surface area contributed by atoms with Crippen LogP contribution < -0.4 is 16.4 Å². The van der Waals surface area contributed by atoms with Crippen LogP contribution in [0.2, 0.25) is 0 Å². The Morgan fingerprint density at radius 2 is 1.96 bits per heavy atom. The summed E-state index contributed by atoms with van der Waals surface area (Å²) in [5, 5.41) is 13.9. The average molecular weight is 390 g/mol. The van der Waals surface area contributed by atoms with Crippen LogP contribution in [0.1, 0.15) is 18.5 Å². The van der Waals surface area contributed by atoms with Gasteiger partial charge in [0.1, 0.15) is 17.5 Å². The van der Waals surface area contributed by atoms with Gasteiger partial charge in [-0.3, -0.25) is 19.3 Å². The molecular weight excluding hydrogens is 372 g/mol. The van der Waals surface area contributed by atoms with Gasteiger partial charge in [0.2, 0.25) is 11.8 Å². The number of carboxylic acids is 1. The van der Waals surface area contributed by atoms with Gasteiger partial charge in [-0.05, 0) is 5.56 Å². The van der Waals surface area contributed by atoms with E-state index in [0.29, 0.717) is 5.56 Å². The first-order valence-electron chi connectivity index (χ1n) is 8.11. The van der Waals surface area contributed by atoms with E-state index in [-0.39, 0.29) is 17.1 Å². The molecule has 3 atom stereocenters. The van der Waals surface area contributed by atoms with E-state index >= 15 is 0 Å². The van der Waals surface area contributed by atoms with Crippen molar-refractivity contribution in [2.75, 3.05) is 5.75 Å². The van der Waals surface area contributed by atoms with Gasteiger partial charge in [-0.25, -0.2) is 4.79 Å². The number of rotatable bonds is 5. The summed E-state index contributed by atoms with van der Waals surface area (Å²) in [6.45, 7) is 1.26. The summed E-state index contributed by atoms with van der Waals surface area (Å²) in [6, 6.07) is 6.91. The predicted octanol–water partition coefficient (Wildman–Crippen LogP) is -0.481. The Labute approximate surface area is 159 Å². The van der Waals surface area contributed by atoms with Crippen LogP contribution in [0.25, 0.3) is 0 Å². The van der Waals surface area contributed by atoms with E-state index in [1.807, 2.05) is 0 Å². The first-order valence-corrected chi connectivity index (χ1v) is 9.15. The highest BCUT2D eigenvalue weighted by Gasteiger charge is 2.54. The molecule has 0 bridgehead atoms. The summed E-state index contributed by atoms with van der Waals surface area (Å²) in [5.41, 5.74) is 6.44. The van der Waals surface area contributed by atoms with E-state index in [4.69, 9.17) is 5.73 Å². The molecule has 3 amide bonds. The summed E-state index contributed by atoms with van der Waals surface area (Å²) >= 11 is 1.26. The van der Waals surface area contributed by atoms with E-state index in [2.05, 4.69) is 10.6 Å². The van der Waals surface area contributed by atoms with E-state index in [1.54, 1.807) is 30.3 Å². The molecule has 0 spiro atoms. The van der Waals surface area contributed by atoms with Crippen molar-refractivity contribution >= 4 is 35.5 Å². The maximum absolute atomic E-state index is 12.5. The average Bonchev–Trinajstić information content (AvgIpc) is 2.64. The van der Waals surface area contributed by atoms with Gasteiger partial charge in [0.05, 0.1) is 5.70 Å². The number of carboxylic acid groups (broad SMARTS) is 1. The lowest BCUT2D eigenvalue weighted by Gasteiger charge is -2.49. The molecule has 142 valence electrons. The second-order valence-electron chi connectivity index (χ2n) is 6.10. The summed E-state index contributed by atoms with van der Waals surface area (Å²) in [6.07, 6.45) is 0. The van der Waals surface area contributed by atoms with Crippen molar-refractivity contribution in [3.8, 4) is 0 Å². The quantitative estimate of drug-likeness (QED) is 0.497. The number of nitrogens with zero attached hydrogens (tertiary/aromatic N) is 1. The van der Waals surface area contributed by atoms with E-state index in [9.17, 15) is 24.3 Å². The summed E-state index contributed by atoms with van der Waals surface area (Å²) in [4.78, 5) is 48.8. The van der Waals surface area contributed by atoms with E-state index in [1.165, 1.54) is 18.7 Å². The number of benzene rings is 1. The van der Waals surface area contributed by atoms with Crippen molar-refractivity contribution in [2.45, 2.75) is 24.4 Å². The van der Waals surface area contributed by atoms with Crippen LogP contribution >= 0.6 is 11.8 Å². The molecule has 2 aliphatic rings. The van der Waals surface area contributed by atoms with Gasteiger partial charge >= 0.3 is 5.97 Å². The number of carbonyl (C=O) groups is 4. The minimum Gasteiger partial charge on any atom is -0.477 e. The molecule has 2 heterocycles. The minimum absolute atomic E-state index is 0.162. The molecule has 0 radical (unpaired) electrons. The molecule has 2 aliphatic heterocycles. The lowest BCUT2D eigenvalue weighted by atomic mass is 10.0. The number of fused-ring (bicyclic) bond motifs is 1. The fourth-order valence-electron chi connectivity index (χ4n) is 2.98. The number of hydrogen-bond acceptors (Lipinski definition) is 6. The Morgan fingerprint density at radius 3 is 2.56 bits per heavy atom. The van der Waals surface area contributed by atoms with Gasteiger partial charge in [0.15, 0.2) is 5.70 Å². The normalized spacial score (nSPS) is 22.4. The molecule has 1 fully saturated rings. The highest BCUT2D eigenvalue weighted by atomic mass is 32.2. The lowest BCUT2D eigenvalue weighted by Crippen LogP contribution is -2.71. The molecule has 0 aliphatic carbocycles. The molecule has 0 aromatic heterocycles. The molecular formula is C17H18N4O5S. The molecule has 2 unspecified atom stereocenters. The first-order chi connectivity index (χ1) is 12.8. The second-order valence-corrected chi connectivity index (χ2v) is 7.20. The molecule has 27 heavy (non-hydrogen) atoms. The third kappa shape index (κ3) is 3.53. The number of aliphatic carboxylic acids is 1. The second kappa shape index (κ2) is 7.41. The Bertz CT molecular complexity index is 841. The fourth-order valence-corrected chi connectivity index (χ4v) is 4.26. The van der Waals surface area contributed by atoms with Crippen molar-refractivity contribution < 1.29 is 24.3 Å². The van der Waals surface area contributed by atoms with Crippen molar-refractivity contribution in [1.82, 2.24) is 15.5 Å². The number of nitrogens with one attached hydrogen (secondary N) is 2. The highest BCUT2D eigenvalue weighted by Crippen LogP contribution is 2.39. The molecule has 0 saturated carbocycles. The Kier molecular flexibility index (Phi) is 5.19. The third-order valence-electron chi connectivity index (χ3n) is 4.24. The van der Waals surface area contributed by atoms with Crippen LogP contribution in [0.5, 0.6) is 0 Å². The SMILES string of the molecule is CC(=O)NC1=C(C(=O)O)N2C(=O)C(NC(=O)C(N)c3ccccc3)[C@@H]2SC1. The van der Waals surface area contributed by atoms with Crippen molar-refractivity contribution in [3.63, 3.8) is 0 Å². The number of carbonyl (C=O) groups excluding carboxylic acids is 3. The molecule has 1 aromatic rings. The minimum atomic E-state index is -1.32. The maximum atomic E-state index is 12.5. The number of nitrogens with two attached hydrogens (primary N) is 1. The third-order valence-corrected chi connectivity index (χ3v) is 5.52. The first kappa shape index (κ1) is 18.9. The molecule has 1 aromatic carbocycles. The summed E-state index contributed by atoms with van der Waals surface area (Å²) < 4.78 is 0. The number of hydrogen-bond donors (Lipinski definition) is 4. The number of thioether (sulfide) groups is 1. The van der Waals surface area contributed by atoms with Crippen LogP contribution in [-0.4, -0.2) is 50.9 Å². The largest absolute Gasteiger partial charge is 0.477 e. The van der Waals surface area contributed by atoms with Gasteiger partial charge in [-0.2, -0.15) is 0 Å². The monoisotopic (exact) mass is 390 g/mol. The molecule has 1 saturated heterocycles. The van der Waals surface area contributed by atoms with Crippen LogP contribution in [0, 0.1) is 0 Å². The summed E-state index contributed by atoms with van der Waals surface area (Å²) in [7, 11) is 0. The fraction of sp³-hybridized carbons (Fsp3) is 0.294. The Balaban J connectivity index is 1.74. The van der Waals surface area contributed by atoms with Crippen LogP contribution in [0.15, 0.2) is 41.7 Å². The molecule has 5 N–H and O–H groups in total. The molecule has 3 rings (SSSR count). The zero-order valence-electron chi connectivity index (χ0n) is 14.3. The van der Waals surface area contributed by atoms with Crippen LogP contribution in [0.3, 0.4) is 0 Å². The molecule has 10 heteroatoms. The van der Waals surface area contributed by atoms with E-state index < -0.39 is 41.1 Å². The van der Waals surface area contributed by atoms with Crippen molar-refractivity contribution in [3.05, 3.63) is 47.3 Å². The lowest BCUT2D eigenvalue weighted by molar-refractivity contribution is -0.151. The van der Waals surface area contributed by atoms with E-state index in [0.717, 1.165) is 4.90 Å². The van der Waals surface area contributed by atoms with Gasteiger partial charge in [0.25, 0.3) is 5.91 Å². The Hall–Kier alpha value is -2.85. The van der Waals surface area contributed by atoms with Gasteiger partial charge in [0, 0.05) is 12.7 Å². The van der Waals surface area contributed by atoms with Crippen molar-refractivity contribution in [2.24, 2.45) is 5.73 Å². The van der Waals surface area contributed by atoms with Crippen LogP contribution in [0.4, 0.5) is 0 Å². The number of amides is 3. The predicted molar refractivity (Wildman–Crippen MR) is 96.9 cm³/mol. The highest BCUT2D eigenvalue weighted by molar-refractivity contribution is 8.00. The zero-order valence-corrected chi connectivity index (χ0v) is 15.2. The standard InChI is InChI=1S/C17H18N4O5S/c1-8(22)19-10-7-27-16-12(15(24)21(16)13(10)17(25)26)20-14(23)11(18)9-5-3-2-4-6-9/h2-6,11-12,16H,7,18H2,1H3,(H,19,22)(H,20,23)(H,25,26)/t11?,12?,16-/m0/s1. The van der Waals surface area contributed by atoms with Crippen LogP contribution in [-0.2, 0) is 19.2 Å². The van der Waals surface area contributed by atoms with Crippen molar-refractivity contribution in [1.29, 1.82) is 0 Å². The zero-order chi connectivity index (χ0) is 19.7.